The molecule has 2 N–H and O–H groups in total. The predicted molar refractivity (Wildman–Crippen MR) is 76.3 cm³/mol. The van der Waals surface area contributed by atoms with Crippen LogP contribution < -0.4 is 15.0 Å². The van der Waals surface area contributed by atoms with Crippen LogP contribution in [0.1, 0.15) is 0 Å². The summed E-state index contributed by atoms with van der Waals surface area (Å²) >= 11 is 0. The van der Waals surface area contributed by atoms with Crippen molar-refractivity contribution in [3.05, 3.63) is 42.7 Å². The maximum absolute atomic E-state index is 11.7. The summed E-state index contributed by atoms with van der Waals surface area (Å²) < 4.78 is 5.09. The topological polar surface area (TPSA) is 87.6 Å². The number of ether oxygens (including phenoxy) is 1. The molecule has 0 radical (unpaired) electrons. The first-order valence-electron chi connectivity index (χ1n) is 6.49. The van der Waals surface area contributed by atoms with Gasteiger partial charge >= 0.3 is 6.09 Å². The molecule has 1 amide bonds. The number of carbonyl (C=O) groups excluding carboxylic acids is 1. The number of nitrogens with zero attached hydrogens (tertiary/aromatic N) is 3. The summed E-state index contributed by atoms with van der Waals surface area (Å²) in [4.78, 5) is 21.8. The Morgan fingerprint density at radius 3 is 2.52 bits per heavy atom. The van der Waals surface area contributed by atoms with E-state index in [0.29, 0.717) is 30.5 Å². The summed E-state index contributed by atoms with van der Waals surface area (Å²) in [6, 6.07) is 8.77. The van der Waals surface area contributed by atoms with E-state index in [1.54, 1.807) is 24.3 Å². The number of rotatable bonds is 3. The van der Waals surface area contributed by atoms with Crippen molar-refractivity contribution in [2.75, 3.05) is 23.3 Å². The van der Waals surface area contributed by atoms with Crippen LogP contribution in [0.5, 0.6) is 5.75 Å². The molecule has 108 valence electrons. The number of aliphatic hydroxyl groups excluding tert-OH is 1. The highest BCUT2D eigenvalue weighted by Gasteiger charge is 2.26. The first-order valence-corrected chi connectivity index (χ1v) is 6.49. The van der Waals surface area contributed by atoms with E-state index in [9.17, 15) is 9.90 Å². The number of carbonyl (C=O) groups is 1. The minimum Gasteiger partial charge on any atom is -0.410 e. The van der Waals surface area contributed by atoms with Crippen LogP contribution in [0.2, 0.25) is 0 Å². The van der Waals surface area contributed by atoms with Gasteiger partial charge in [-0.2, -0.15) is 0 Å². The zero-order valence-corrected chi connectivity index (χ0v) is 11.1. The van der Waals surface area contributed by atoms with E-state index in [4.69, 9.17) is 4.74 Å². The van der Waals surface area contributed by atoms with Gasteiger partial charge in [0.25, 0.3) is 0 Å². The summed E-state index contributed by atoms with van der Waals surface area (Å²) in [7, 11) is 0. The van der Waals surface area contributed by atoms with E-state index in [1.165, 1.54) is 12.4 Å². The Balaban J connectivity index is 1.56. The Morgan fingerprint density at radius 1 is 1.24 bits per heavy atom. The van der Waals surface area contributed by atoms with E-state index in [0.717, 1.165) is 0 Å². The van der Waals surface area contributed by atoms with Gasteiger partial charge in [0.1, 0.15) is 5.75 Å². The molecule has 0 saturated carbocycles. The van der Waals surface area contributed by atoms with E-state index >= 15 is 0 Å². The highest BCUT2D eigenvalue weighted by Crippen LogP contribution is 2.17. The maximum Gasteiger partial charge on any atom is 0.417 e. The lowest BCUT2D eigenvalue weighted by molar-refractivity contribution is 0.140. The lowest BCUT2D eigenvalue weighted by atomic mass is 10.2. The minimum absolute atomic E-state index is 0.313. The zero-order valence-electron chi connectivity index (χ0n) is 11.1. The first-order chi connectivity index (χ1) is 10.2. The van der Waals surface area contributed by atoms with Crippen molar-refractivity contribution in [2.45, 2.75) is 6.10 Å². The summed E-state index contributed by atoms with van der Waals surface area (Å²) in [6.07, 6.45) is 2.09. The molecule has 21 heavy (non-hydrogen) atoms. The fourth-order valence-electron chi connectivity index (χ4n) is 1.91. The summed E-state index contributed by atoms with van der Waals surface area (Å²) in [5.41, 5.74) is 0.445. The molecular weight excluding hydrogens is 272 g/mol. The number of para-hydroxylation sites is 1. The molecule has 1 fully saturated rings. The molecule has 1 aliphatic heterocycles. The summed E-state index contributed by atoms with van der Waals surface area (Å²) in [5.74, 6) is 0.990. The number of hydrogen-bond acceptors (Lipinski definition) is 6. The third-order valence-corrected chi connectivity index (χ3v) is 2.98. The molecule has 2 heterocycles. The van der Waals surface area contributed by atoms with E-state index < -0.39 is 6.09 Å². The molecule has 7 heteroatoms. The first kappa shape index (κ1) is 13.3. The van der Waals surface area contributed by atoms with Crippen LogP contribution in [-0.2, 0) is 0 Å². The normalized spacial score (nSPS) is 14.4. The minimum atomic E-state index is -0.600. The summed E-state index contributed by atoms with van der Waals surface area (Å²) in [5, 5.41) is 11.8. The second-order valence-corrected chi connectivity index (χ2v) is 4.66. The monoisotopic (exact) mass is 286 g/mol. The highest BCUT2D eigenvalue weighted by atomic mass is 16.6. The average Bonchev–Trinajstić information content (AvgIpc) is 2.46. The lowest BCUT2D eigenvalue weighted by Gasteiger charge is -2.35. The van der Waals surface area contributed by atoms with Gasteiger partial charge in [-0.05, 0) is 12.1 Å². The molecule has 1 saturated heterocycles. The third-order valence-electron chi connectivity index (χ3n) is 2.98. The van der Waals surface area contributed by atoms with Crippen molar-refractivity contribution >= 4 is 17.7 Å². The van der Waals surface area contributed by atoms with Gasteiger partial charge in [0.05, 0.1) is 24.2 Å². The van der Waals surface area contributed by atoms with E-state index in [2.05, 4.69) is 15.3 Å². The second kappa shape index (κ2) is 5.76. The smallest absolute Gasteiger partial charge is 0.410 e. The molecule has 1 aromatic heterocycles. The predicted octanol–water partition coefficient (Wildman–Crippen LogP) is 1.27. The van der Waals surface area contributed by atoms with Gasteiger partial charge < -0.3 is 14.7 Å². The molecule has 0 aliphatic carbocycles. The van der Waals surface area contributed by atoms with Gasteiger partial charge in [-0.1, -0.05) is 18.2 Å². The van der Waals surface area contributed by atoms with Crippen LogP contribution in [-0.4, -0.2) is 40.4 Å². The lowest BCUT2D eigenvalue weighted by Crippen LogP contribution is -2.51. The van der Waals surface area contributed by atoms with Crippen molar-refractivity contribution < 1.29 is 14.6 Å². The van der Waals surface area contributed by atoms with Crippen LogP contribution in [0.25, 0.3) is 0 Å². The highest BCUT2D eigenvalue weighted by molar-refractivity contribution is 5.85. The van der Waals surface area contributed by atoms with Gasteiger partial charge in [-0.3, -0.25) is 5.32 Å². The third kappa shape index (κ3) is 3.26. The van der Waals surface area contributed by atoms with Crippen LogP contribution in [0, 0.1) is 0 Å². The second-order valence-electron chi connectivity index (χ2n) is 4.66. The summed E-state index contributed by atoms with van der Waals surface area (Å²) in [6.45, 7) is 1.06. The Labute approximate surface area is 121 Å². The maximum atomic E-state index is 11.7. The molecule has 2 aromatic rings. The molecule has 3 rings (SSSR count). The number of amides is 1. The average molecular weight is 286 g/mol. The zero-order chi connectivity index (χ0) is 14.7. The van der Waals surface area contributed by atoms with Crippen LogP contribution in [0.3, 0.4) is 0 Å². The molecule has 0 unspecified atom stereocenters. The number of β-amino-alcohol motifs (C(OH)–C–C–N with tert-alkyl or cyclic N) is 1. The molecule has 7 nitrogen and oxygen atoms in total. The quantitative estimate of drug-likeness (QED) is 0.883. The van der Waals surface area contributed by atoms with Crippen LogP contribution in [0.15, 0.2) is 42.7 Å². The van der Waals surface area contributed by atoms with E-state index in [-0.39, 0.29) is 6.10 Å². The number of hydrogen-bond donors (Lipinski definition) is 2. The Morgan fingerprint density at radius 2 is 1.90 bits per heavy atom. The van der Waals surface area contributed by atoms with Crippen molar-refractivity contribution in [3.63, 3.8) is 0 Å². The number of aromatic nitrogens is 2. The molecular formula is C14H14N4O3. The number of nitrogens with one attached hydrogen (secondary N) is 1. The van der Waals surface area contributed by atoms with Crippen molar-refractivity contribution in [3.8, 4) is 5.75 Å². The number of aliphatic hydroxyl groups is 1. The fourth-order valence-corrected chi connectivity index (χ4v) is 1.91. The Hall–Kier alpha value is -2.67. The Kier molecular flexibility index (Phi) is 3.65. The molecule has 0 bridgehead atoms. The van der Waals surface area contributed by atoms with Gasteiger partial charge in [0.15, 0.2) is 0 Å². The van der Waals surface area contributed by atoms with E-state index in [1.807, 2.05) is 11.0 Å². The van der Waals surface area contributed by atoms with Crippen molar-refractivity contribution in [1.82, 2.24) is 9.97 Å². The molecule has 1 aromatic carbocycles. The van der Waals surface area contributed by atoms with Crippen molar-refractivity contribution in [1.29, 1.82) is 0 Å². The largest absolute Gasteiger partial charge is 0.417 e. The van der Waals surface area contributed by atoms with Gasteiger partial charge in [0, 0.05) is 13.1 Å². The fraction of sp³-hybridized carbons (Fsp3) is 0.214. The SMILES string of the molecule is O=C(Nc1cnc(N2CC(O)C2)nc1)Oc1ccccc1. The van der Waals surface area contributed by atoms with Gasteiger partial charge in [-0.25, -0.2) is 14.8 Å². The van der Waals surface area contributed by atoms with Gasteiger partial charge in [0.2, 0.25) is 5.95 Å². The molecule has 0 atom stereocenters. The standard InChI is InChI=1S/C14H14N4O3/c19-11-8-18(9-11)13-15-6-10(7-16-13)17-14(20)21-12-4-2-1-3-5-12/h1-7,11,19H,8-9H2,(H,17,20). The van der Waals surface area contributed by atoms with Crippen molar-refractivity contribution in [2.24, 2.45) is 0 Å². The number of anilines is 2. The van der Waals surface area contributed by atoms with Crippen LogP contribution in [0.4, 0.5) is 16.4 Å². The Bertz CT molecular complexity index is 612. The van der Waals surface area contributed by atoms with Crippen LogP contribution >= 0.6 is 0 Å². The number of benzene rings is 1. The molecule has 0 spiro atoms. The molecule has 1 aliphatic rings. The van der Waals surface area contributed by atoms with Gasteiger partial charge in [-0.15, -0.1) is 0 Å².